The lowest BCUT2D eigenvalue weighted by molar-refractivity contribution is -0.134. The number of thiazole rings is 1. The van der Waals surface area contributed by atoms with Gasteiger partial charge >= 0.3 is 0 Å². The van der Waals surface area contributed by atoms with E-state index in [2.05, 4.69) is 15.6 Å². The predicted molar refractivity (Wildman–Crippen MR) is 106 cm³/mol. The summed E-state index contributed by atoms with van der Waals surface area (Å²) in [5.41, 5.74) is 3.80. The highest BCUT2D eigenvalue weighted by molar-refractivity contribution is 7.09. The Bertz CT molecular complexity index is 809. The van der Waals surface area contributed by atoms with Gasteiger partial charge in [0, 0.05) is 31.1 Å². The first-order valence-corrected chi connectivity index (χ1v) is 10.3. The van der Waals surface area contributed by atoms with Crippen molar-refractivity contribution in [2.45, 2.75) is 38.8 Å². The minimum Gasteiger partial charge on any atom is -0.356 e. The summed E-state index contributed by atoms with van der Waals surface area (Å²) in [5.74, 6) is -0.555. The number of nitrogens with one attached hydrogen (secondary N) is 2. The quantitative estimate of drug-likeness (QED) is 0.661. The molecule has 0 aliphatic carbocycles. The Kier molecular flexibility index (Phi) is 7.11. The molecule has 150 valence electrons. The van der Waals surface area contributed by atoms with Crippen molar-refractivity contribution >= 4 is 23.2 Å². The molecule has 1 unspecified atom stereocenters. The maximum atomic E-state index is 13.1. The molecule has 1 saturated heterocycles. The third-order valence-electron chi connectivity index (χ3n) is 4.87. The standard InChI is InChI=1S/C20H25FN4O2S/c1-14-18(28-13-24-14)3-2-8-22-19(26)11-17-20(27)23-9-10-25(17)12-15-4-6-16(21)7-5-15/h4-7,13,17H,2-3,8-12H2,1H3,(H,22,26)(H,23,27). The lowest BCUT2D eigenvalue weighted by Gasteiger charge is -2.34. The number of hydrogen-bond acceptors (Lipinski definition) is 5. The summed E-state index contributed by atoms with van der Waals surface area (Å²) in [6.45, 7) is 4.28. The number of aryl methyl sites for hydroxylation is 2. The zero-order chi connectivity index (χ0) is 19.9. The van der Waals surface area contributed by atoms with Crippen LogP contribution in [0.2, 0.25) is 0 Å². The lowest BCUT2D eigenvalue weighted by atomic mass is 10.1. The van der Waals surface area contributed by atoms with Crippen LogP contribution >= 0.6 is 11.3 Å². The maximum absolute atomic E-state index is 13.1. The fourth-order valence-corrected chi connectivity index (χ4v) is 4.11. The van der Waals surface area contributed by atoms with Crippen molar-refractivity contribution in [1.29, 1.82) is 0 Å². The number of benzene rings is 1. The minimum absolute atomic E-state index is 0.118. The number of rotatable bonds is 8. The Morgan fingerprint density at radius 3 is 2.89 bits per heavy atom. The van der Waals surface area contributed by atoms with Crippen molar-refractivity contribution in [2.75, 3.05) is 19.6 Å². The molecule has 0 spiro atoms. The summed E-state index contributed by atoms with van der Waals surface area (Å²) >= 11 is 1.63. The van der Waals surface area contributed by atoms with Crippen molar-refractivity contribution in [2.24, 2.45) is 0 Å². The number of piperazine rings is 1. The lowest BCUT2D eigenvalue weighted by Crippen LogP contribution is -2.56. The van der Waals surface area contributed by atoms with Gasteiger partial charge in [0.15, 0.2) is 0 Å². The Morgan fingerprint density at radius 2 is 2.18 bits per heavy atom. The van der Waals surface area contributed by atoms with E-state index >= 15 is 0 Å². The van der Waals surface area contributed by atoms with Gasteiger partial charge in [-0.2, -0.15) is 0 Å². The van der Waals surface area contributed by atoms with Crippen LogP contribution in [0.15, 0.2) is 29.8 Å². The second-order valence-electron chi connectivity index (χ2n) is 6.92. The first kappa shape index (κ1) is 20.4. The first-order chi connectivity index (χ1) is 13.5. The average molecular weight is 405 g/mol. The van der Waals surface area contributed by atoms with Crippen LogP contribution in [0.4, 0.5) is 4.39 Å². The molecule has 8 heteroatoms. The van der Waals surface area contributed by atoms with Gasteiger partial charge in [-0.3, -0.25) is 14.5 Å². The molecule has 2 heterocycles. The highest BCUT2D eigenvalue weighted by Gasteiger charge is 2.31. The summed E-state index contributed by atoms with van der Waals surface area (Å²) in [6.07, 6.45) is 1.84. The first-order valence-electron chi connectivity index (χ1n) is 9.45. The SMILES string of the molecule is Cc1ncsc1CCCNC(=O)CC1C(=O)NCCN1Cc1ccc(F)cc1. The number of nitrogens with zero attached hydrogens (tertiary/aromatic N) is 2. The van der Waals surface area contributed by atoms with E-state index < -0.39 is 6.04 Å². The molecule has 2 aromatic rings. The van der Waals surface area contributed by atoms with Crippen molar-refractivity contribution in [3.05, 3.63) is 51.7 Å². The molecule has 3 rings (SSSR count). The van der Waals surface area contributed by atoms with E-state index in [1.54, 1.807) is 23.5 Å². The summed E-state index contributed by atoms with van der Waals surface area (Å²) < 4.78 is 13.1. The number of carbonyl (C=O) groups is 2. The molecule has 2 N–H and O–H groups in total. The molecule has 28 heavy (non-hydrogen) atoms. The second kappa shape index (κ2) is 9.75. The van der Waals surface area contributed by atoms with E-state index in [9.17, 15) is 14.0 Å². The molecular formula is C20H25FN4O2S. The zero-order valence-electron chi connectivity index (χ0n) is 15.9. The Labute approximate surface area is 168 Å². The van der Waals surface area contributed by atoms with Crippen LogP contribution in [-0.4, -0.2) is 47.4 Å². The van der Waals surface area contributed by atoms with Gasteiger partial charge in [0.05, 0.1) is 23.7 Å². The van der Waals surface area contributed by atoms with Crippen LogP contribution in [0, 0.1) is 12.7 Å². The van der Waals surface area contributed by atoms with Crippen molar-refractivity contribution in [3.8, 4) is 0 Å². The van der Waals surface area contributed by atoms with Gasteiger partial charge in [-0.15, -0.1) is 11.3 Å². The van der Waals surface area contributed by atoms with E-state index in [4.69, 9.17) is 0 Å². The Balaban J connectivity index is 1.49. The van der Waals surface area contributed by atoms with E-state index in [-0.39, 0.29) is 24.1 Å². The molecule has 2 amide bonds. The molecule has 1 aliphatic heterocycles. The number of aromatic nitrogens is 1. The minimum atomic E-state index is -0.512. The average Bonchev–Trinajstić information content (AvgIpc) is 3.08. The van der Waals surface area contributed by atoms with E-state index in [0.717, 1.165) is 24.1 Å². The monoisotopic (exact) mass is 404 g/mol. The van der Waals surface area contributed by atoms with E-state index in [1.165, 1.54) is 17.0 Å². The fraction of sp³-hybridized carbons (Fsp3) is 0.450. The van der Waals surface area contributed by atoms with Crippen LogP contribution in [0.1, 0.15) is 29.0 Å². The van der Waals surface area contributed by atoms with Crippen LogP contribution in [0.25, 0.3) is 0 Å². The molecule has 1 atom stereocenters. The Hall–Kier alpha value is -2.32. The number of amides is 2. The Morgan fingerprint density at radius 1 is 1.39 bits per heavy atom. The van der Waals surface area contributed by atoms with Gasteiger partial charge in [0.25, 0.3) is 0 Å². The van der Waals surface area contributed by atoms with E-state index in [1.807, 2.05) is 17.3 Å². The third-order valence-corrected chi connectivity index (χ3v) is 5.86. The molecule has 0 bridgehead atoms. The number of carbonyl (C=O) groups excluding carboxylic acids is 2. The van der Waals surface area contributed by atoms with Gasteiger partial charge < -0.3 is 10.6 Å². The molecule has 0 saturated carbocycles. The largest absolute Gasteiger partial charge is 0.356 e. The highest BCUT2D eigenvalue weighted by Crippen LogP contribution is 2.15. The summed E-state index contributed by atoms with van der Waals surface area (Å²) in [6, 6.07) is 5.72. The second-order valence-corrected chi connectivity index (χ2v) is 7.86. The fourth-order valence-electron chi connectivity index (χ4n) is 3.29. The molecule has 1 aliphatic rings. The third kappa shape index (κ3) is 5.59. The smallest absolute Gasteiger partial charge is 0.237 e. The van der Waals surface area contributed by atoms with Crippen LogP contribution in [0.3, 0.4) is 0 Å². The van der Waals surface area contributed by atoms with Crippen LogP contribution < -0.4 is 10.6 Å². The van der Waals surface area contributed by atoms with Crippen molar-refractivity contribution in [3.63, 3.8) is 0 Å². The molecular weight excluding hydrogens is 379 g/mol. The zero-order valence-corrected chi connectivity index (χ0v) is 16.7. The molecule has 6 nitrogen and oxygen atoms in total. The maximum Gasteiger partial charge on any atom is 0.237 e. The predicted octanol–water partition coefficient (Wildman–Crippen LogP) is 2.03. The summed E-state index contributed by atoms with van der Waals surface area (Å²) in [4.78, 5) is 32.1. The van der Waals surface area contributed by atoms with Gasteiger partial charge in [-0.1, -0.05) is 12.1 Å². The summed E-state index contributed by atoms with van der Waals surface area (Å²) in [7, 11) is 0. The van der Waals surface area contributed by atoms with Crippen LogP contribution in [-0.2, 0) is 22.6 Å². The van der Waals surface area contributed by atoms with E-state index in [0.29, 0.717) is 26.2 Å². The molecule has 0 radical (unpaired) electrons. The summed E-state index contributed by atoms with van der Waals surface area (Å²) in [5, 5.41) is 5.74. The van der Waals surface area contributed by atoms with Crippen molar-refractivity contribution < 1.29 is 14.0 Å². The van der Waals surface area contributed by atoms with Gasteiger partial charge in [0.1, 0.15) is 5.82 Å². The van der Waals surface area contributed by atoms with Crippen LogP contribution in [0.5, 0.6) is 0 Å². The van der Waals surface area contributed by atoms with Gasteiger partial charge in [0.2, 0.25) is 11.8 Å². The normalized spacial score (nSPS) is 17.4. The van der Waals surface area contributed by atoms with Gasteiger partial charge in [-0.25, -0.2) is 9.37 Å². The topological polar surface area (TPSA) is 74.3 Å². The molecule has 1 fully saturated rings. The number of halogens is 1. The molecule has 1 aromatic heterocycles. The number of hydrogen-bond donors (Lipinski definition) is 2. The van der Waals surface area contributed by atoms with Crippen molar-refractivity contribution in [1.82, 2.24) is 20.5 Å². The highest BCUT2D eigenvalue weighted by atomic mass is 32.1. The molecule has 1 aromatic carbocycles. The van der Waals surface area contributed by atoms with Gasteiger partial charge in [-0.05, 0) is 37.5 Å².